The van der Waals surface area contributed by atoms with Crippen molar-refractivity contribution in [2.75, 3.05) is 18.5 Å². The summed E-state index contributed by atoms with van der Waals surface area (Å²) in [5, 5.41) is 5.28. The summed E-state index contributed by atoms with van der Waals surface area (Å²) in [7, 11) is 0. The van der Waals surface area contributed by atoms with Crippen molar-refractivity contribution >= 4 is 22.4 Å². The average molecular weight is 430 g/mol. The number of thiazole rings is 1. The van der Waals surface area contributed by atoms with Crippen molar-refractivity contribution in [2.24, 2.45) is 0 Å². The van der Waals surface area contributed by atoms with Gasteiger partial charge in [-0.1, -0.05) is 18.2 Å². The molecule has 1 amide bonds. The van der Waals surface area contributed by atoms with Crippen LogP contribution in [0.5, 0.6) is 23.0 Å². The molecular formula is C24H18N2O4S. The predicted molar refractivity (Wildman–Crippen MR) is 119 cm³/mol. The van der Waals surface area contributed by atoms with E-state index in [1.165, 1.54) is 11.3 Å². The van der Waals surface area contributed by atoms with Crippen LogP contribution in [0.4, 0.5) is 5.13 Å². The minimum Gasteiger partial charge on any atom is -0.486 e. The Balaban J connectivity index is 1.25. The second-order valence-electron chi connectivity index (χ2n) is 6.79. The van der Waals surface area contributed by atoms with Crippen LogP contribution in [0.2, 0.25) is 0 Å². The van der Waals surface area contributed by atoms with Crippen LogP contribution in [-0.2, 0) is 0 Å². The molecule has 2 heterocycles. The molecule has 0 aliphatic carbocycles. The molecule has 0 radical (unpaired) electrons. The van der Waals surface area contributed by atoms with Crippen LogP contribution in [0.1, 0.15) is 10.4 Å². The summed E-state index contributed by atoms with van der Waals surface area (Å²) in [4.78, 5) is 17.1. The van der Waals surface area contributed by atoms with E-state index in [0.717, 1.165) is 22.8 Å². The van der Waals surface area contributed by atoms with Crippen molar-refractivity contribution in [1.82, 2.24) is 4.98 Å². The lowest BCUT2D eigenvalue weighted by molar-refractivity contribution is 0.102. The number of hydrogen-bond acceptors (Lipinski definition) is 6. The van der Waals surface area contributed by atoms with Gasteiger partial charge < -0.3 is 14.2 Å². The lowest BCUT2D eigenvalue weighted by Crippen LogP contribution is -2.15. The van der Waals surface area contributed by atoms with E-state index in [9.17, 15) is 4.79 Å². The fourth-order valence-electron chi connectivity index (χ4n) is 3.13. The lowest BCUT2D eigenvalue weighted by atomic mass is 10.1. The SMILES string of the molecule is O=C(Nc1nc(-c2ccc3c(c2)OCCO3)cs1)c1ccc(Oc2ccccc2)cc1. The number of carbonyl (C=O) groups is 1. The van der Waals surface area contributed by atoms with Gasteiger partial charge in [0.2, 0.25) is 0 Å². The maximum atomic E-state index is 12.6. The monoisotopic (exact) mass is 430 g/mol. The maximum absolute atomic E-state index is 12.6. The molecule has 1 aromatic heterocycles. The summed E-state index contributed by atoms with van der Waals surface area (Å²) < 4.78 is 16.9. The minimum absolute atomic E-state index is 0.227. The fourth-order valence-corrected chi connectivity index (χ4v) is 3.85. The Labute approximate surface area is 183 Å². The van der Waals surface area contributed by atoms with E-state index in [1.807, 2.05) is 53.9 Å². The van der Waals surface area contributed by atoms with E-state index in [4.69, 9.17) is 14.2 Å². The van der Waals surface area contributed by atoms with Crippen LogP contribution < -0.4 is 19.5 Å². The fraction of sp³-hybridized carbons (Fsp3) is 0.0833. The first-order valence-electron chi connectivity index (χ1n) is 9.74. The van der Waals surface area contributed by atoms with Crippen molar-refractivity contribution in [3.05, 3.63) is 83.7 Å². The van der Waals surface area contributed by atoms with E-state index in [-0.39, 0.29) is 5.91 Å². The van der Waals surface area contributed by atoms with Crippen LogP contribution in [0, 0.1) is 0 Å². The number of amides is 1. The topological polar surface area (TPSA) is 69.7 Å². The number of anilines is 1. The molecule has 0 unspecified atom stereocenters. The third-order valence-corrected chi connectivity index (χ3v) is 5.42. The summed E-state index contributed by atoms with van der Waals surface area (Å²) >= 11 is 1.37. The van der Waals surface area contributed by atoms with Gasteiger partial charge in [-0.3, -0.25) is 10.1 Å². The molecule has 0 spiro atoms. The Morgan fingerprint density at radius 2 is 1.65 bits per heavy atom. The van der Waals surface area contributed by atoms with Crippen LogP contribution in [0.3, 0.4) is 0 Å². The molecular weight excluding hydrogens is 412 g/mol. The van der Waals surface area contributed by atoms with Gasteiger partial charge >= 0.3 is 0 Å². The molecule has 1 aliphatic rings. The van der Waals surface area contributed by atoms with E-state index in [0.29, 0.717) is 35.4 Å². The summed E-state index contributed by atoms with van der Waals surface area (Å²) in [6.45, 7) is 1.09. The van der Waals surface area contributed by atoms with Crippen LogP contribution >= 0.6 is 11.3 Å². The molecule has 4 aromatic rings. The summed E-state index contributed by atoms with van der Waals surface area (Å²) in [5.74, 6) is 2.62. The Bertz CT molecular complexity index is 1210. The molecule has 7 heteroatoms. The molecule has 31 heavy (non-hydrogen) atoms. The number of ether oxygens (including phenoxy) is 3. The zero-order valence-electron chi connectivity index (χ0n) is 16.4. The molecule has 1 N–H and O–H groups in total. The van der Waals surface area contributed by atoms with E-state index >= 15 is 0 Å². The highest BCUT2D eigenvalue weighted by atomic mass is 32.1. The van der Waals surface area contributed by atoms with Gasteiger partial charge in [0.1, 0.15) is 24.7 Å². The van der Waals surface area contributed by atoms with E-state index < -0.39 is 0 Å². The number of fused-ring (bicyclic) bond motifs is 1. The molecule has 6 nitrogen and oxygen atoms in total. The Hall–Kier alpha value is -3.84. The summed E-state index contributed by atoms with van der Waals surface area (Å²) in [6.07, 6.45) is 0. The Kier molecular flexibility index (Phi) is 5.24. The standard InChI is InChI=1S/C24H18N2O4S/c27-23(16-6-9-19(10-7-16)30-18-4-2-1-3-5-18)26-24-25-20(15-31-24)17-8-11-21-22(14-17)29-13-12-28-21/h1-11,14-15H,12-13H2,(H,25,26,27). The first kappa shape index (κ1) is 19.1. The normalized spacial score (nSPS) is 12.3. The second kappa shape index (κ2) is 8.49. The van der Waals surface area contributed by atoms with Gasteiger partial charge in [-0.15, -0.1) is 11.3 Å². The molecule has 154 valence electrons. The van der Waals surface area contributed by atoms with Crippen molar-refractivity contribution in [1.29, 1.82) is 0 Å². The maximum Gasteiger partial charge on any atom is 0.257 e. The first-order valence-corrected chi connectivity index (χ1v) is 10.6. The Morgan fingerprint density at radius 1 is 0.903 bits per heavy atom. The molecule has 0 bridgehead atoms. The molecule has 3 aromatic carbocycles. The molecule has 0 saturated heterocycles. The van der Waals surface area contributed by atoms with Gasteiger partial charge in [0.25, 0.3) is 5.91 Å². The van der Waals surface area contributed by atoms with Crippen molar-refractivity contribution in [3.8, 4) is 34.3 Å². The van der Waals surface area contributed by atoms with Gasteiger partial charge in [0.15, 0.2) is 16.6 Å². The number of hydrogen-bond donors (Lipinski definition) is 1. The predicted octanol–water partition coefficient (Wildman–Crippen LogP) is 5.63. The van der Waals surface area contributed by atoms with Crippen LogP contribution in [-0.4, -0.2) is 24.1 Å². The van der Waals surface area contributed by atoms with Crippen LogP contribution in [0.25, 0.3) is 11.3 Å². The van der Waals surface area contributed by atoms with Crippen LogP contribution in [0.15, 0.2) is 78.2 Å². The van der Waals surface area contributed by atoms with Gasteiger partial charge in [-0.05, 0) is 54.6 Å². The number of nitrogens with one attached hydrogen (secondary N) is 1. The number of rotatable bonds is 5. The van der Waals surface area contributed by atoms with E-state index in [1.54, 1.807) is 24.3 Å². The number of carbonyl (C=O) groups excluding carboxylic acids is 1. The molecule has 1 aliphatic heterocycles. The number of para-hydroxylation sites is 1. The Morgan fingerprint density at radius 3 is 2.45 bits per heavy atom. The highest BCUT2D eigenvalue weighted by Gasteiger charge is 2.15. The molecule has 0 fully saturated rings. The van der Waals surface area contributed by atoms with Crippen molar-refractivity contribution < 1.29 is 19.0 Å². The zero-order valence-corrected chi connectivity index (χ0v) is 17.2. The quantitative estimate of drug-likeness (QED) is 0.445. The third kappa shape index (κ3) is 4.36. The highest BCUT2D eigenvalue weighted by Crippen LogP contribution is 2.35. The molecule has 0 saturated carbocycles. The number of aromatic nitrogens is 1. The van der Waals surface area contributed by atoms with Gasteiger partial charge in [0.05, 0.1) is 5.69 Å². The summed E-state index contributed by atoms with van der Waals surface area (Å²) in [5.41, 5.74) is 2.20. The van der Waals surface area contributed by atoms with E-state index in [2.05, 4.69) is 10.3 Å². The van der Waals surface area contributed by atoms with Gasteiger partial charge in [-0.25, -0.2) is 4.98 Å². The lowest BCUT2D eigenvalue weighted by Gasteiger charge is -2.18. The smallest absolute Gasteiger partial charge is 0.257 e. The number of nitrogens with zero attached hydrogens (tertiary/aromatic N) is 1. The number of benzene rings is 3. The molecule has 5 rings (SSSR count). The van der Waals surface area contributed by atoms with Gasteiger partial charge in [0, 0.05) is 16.5 Å². The highest BCUT2D eigenvalue weighted by molar-refractivity contribution is 7.14. The zero-order chi connectivity index (χ0) is 21.0. The largest absolute Gasteiger partial charge is 0.486 e. The first-order chi connectivity index (χ1) is 15.2. The van der Waals surface area contributed by atoms with Gasteiger partial charge in [-0.2, -0.15) is 0 Å². The third-order valence-electron chi connectivity index (χ3n) is 4.66. The summed E-state index contributed by atoms with van der Waals surface area (Å²) in [6, 6.07) is 22.2. The van der Waals surface area contributed by atoms with Crippen molar-refractivity contribution in [3.63, 3.8) is 0 Å². The second-order valence-corrected chi connectivity index (χ2v) is 7.65. The molecule has 0 atom stereocenters. The minimum atomic E-state index is -0.227. The average Bonchev–Trinajstić information content (AvgIpc) is 3.28. The van der Waals surface area contributed by atoms with Crippen molar-refractivity contribution in [2.45, 2.75) is 0 Å².